The Hall–Kier alpha value is -1.42. The Morgan fingerprint density at radius 2 is 1.95 bits per heavy atom. The number of benzene rings is 1. The molecule has 1 aliphatic rings. The molecule has 2 rings (SSSR count). The Bertz CT molecular complexity index is 508. The third-order valence-electron chi connectivity index (χ3n) is 4.74. The van der Waals surface area contributed by atoms with Crippen molar-refractivity contribution in [1.82, 2.24) is 10.2 Å². The van der Waals surface area contributed by atoms with Crippen molar-refractivity contribution in [3.63, 3.8) is 0 Å². The van der Waals surface area contributed by atoms with Crippen molar-refractivity contribution in [3.05, 3.63) is 35.1 Å². The van der Waals surface area contributed by atoms with Gasteiger partial charge in [0.05, 0.1) is 0 Å². The number of hydrogen-bond acceptors (Lipinski definition) is 2. The number of amides is 1. The first kappa shape index (κ1) is 16.0. The second kappa shape index (κ2) is 6.56. The zero-order valence-corrected chi connectivity index (χ0v) is 13.2. The summed E-state index contributed by atoms with van der Waals surface area (Å²) < 4.78 is 13.1. The number of nitrogens with zero attached hydrogens (tertiary/aromatic N) is 1. The third kappa shape index (κ3) is 3.62. The summed E-state index contributed by atoms with van der Waals surface area (Å²) in [6, 6.07) is 4.30. The maximum Gasteiger partial charge on any atom is 0.251 e. The maximum absolute atomic E-state index is 13.1. The molecule has 0 aliphatic heterocycles. The molecule has 1 aromatic carbocycles. The molecule has 4 heteroatoms. The predicted octanol–water partition coefficient (Wildman–Crippen LogP) is 3.13. The smallest absolute Gasteiger partial charge is 0.251 e. The highest BCUT2D eigenvalue weighted by Crippen LogP contribution is 2.31. The van der Waals surface area contributed by atoms with Crippen LogP contribution in [0.25, 0.3) is 0 Å². The van der Waals surface area contributed by atoms with E-state index in [9.17, 15) is 9.18 Å². The van der Waals surface area contributed by atoms with Gasteiger partial charge >= 0.3 is 0 Å². The van der Waals surface area contributed by atoms with Gasteiger partial charge < -0.3 is 10.2 Å². The van der Waals surface area contributed by atoms with Gasteiger partial charge in [0.2, 0.25) is 0 Å². The van der Waals surface area contributed by atoms with E-state index >= 15 is 0 Å². The van der Waals surface area contributed by atoms with Crippen molar-refractivity contribution >= 4 is 5.91 Å². The molecular weight excluding hydrogens is 267 g/mol. The summed E-state index contributed by atoms with van der Waals surface area (Å²) in [6.07, 6.45) is 5.93. The van der Waals surface area contributed by atoms with E-state index in [1.165, 1.54) is 31.4 Å². The molecule has 0 unspecified atom stereocenters. The molecule has 1 aliphatic carbocycles. The average molecular weight is 292 g/mol. The van der Waals surface area contributed by atoms with Gasteiger partial charge in [0, 0.05) is 17.6 Å². The Morgan fingerprint density at radius 1 is 1.29 bits per heavy atom. The van der Waals surface area contributed by atoms with Gasteiger partial charge in [-0.05, 0) is 57.6 Å². The van der Waals surface area contributed by atoms with Crippen LogP contribution in [-0.4, -0.2) is 37.0 Å². The van der Waals surface area contributed by atoms with Crippen LogP contribution in [0.15, 0.2) is 18.2 Å². The first-order valence-corrected chi connectivity index (χ1v) is 7.66. The molecule has 1 N–H and O–H groups in total. The number of carbonyl (C=O) groups excluding carboxylic acids is 1. The fourth-order valence-electron chi connectivity index (χ4n) is 3.21. The van der Waals surface area contributed by atoms with E-state index in [1.807, 2.05) is 0 Å². The Labute approximate surface area is 126 Å². The molecule has 0 bridgehead atoms. The van der Waals surface area contributed by atoms with Gasteiger partial charge in [0.25, 0.3) is 5.91 Å². The molecule has 1 fully saturated rings. The minimum Gasteiger partial charge on any atom is -0.350 e. The summed E-state index contributed by atoms with van der Waals surface area (Å²) in [5, 5.41) is 3.05. The van der Waals surface area contributed by atoms with E-state index in [-0.39, 0.29) is 17.3 Å². The summed E-state index contributed by atoms with van der Waals surface area (Å²) in [7, 11) is 4.17. The first-order chi connectivity index (χ1) is 9.94. The van der Waals surface area contributed by atoms with Gasteiger partial charge in [-0.2, -0.15) is 0 Å². The molecular formula is C17H25FN2O. The summed E-state index contributed by atoms with van der Waals surface area (Å²) in [6.45, 7) is 2.41. The quantitative estimate of drug-likeness (QED) is 0.924. The van der Waals surface area contributed by atoms with E-state index in [0.29, 0.717) is 17.7 Å². The summed E-state index contributed by atoms with van der Waals surface area (Å²) in [4.78, 5) is 14.6. The van der Waals surface area contributed by atoms with Gasteiger partial charge in [-0.1, -0.05) is 19.3 Å². The Morgan fingerprint density at radius 3 is 2.52 bits per heavy atom. The molecule has 3 nitrogen and oxygen atoms in total. The Balaban J connectivity index is 2.05. The molecule has 1 amide bonds. The van der Waals surface area contributed by atoms with Crippen LogP contribution >= 0.6 is 0 Å². The Kier molecular flexibility index (Phi) is 4.99. The molecule has 0 atom stereocenters. The third-order valence-corrected chi connectivity index (χ3v) is 4.74. The number of carbonyl (C=O) groups is 1. The molecule has 116 valence electrons. The minimum absolute atomic E-state index is 0.0574. The van der Waals surface area contributed by atoms with Gasteiger partial charge in [-0.3, -0.25) is 4.79 Å². The van der Waals surface area contributed by atoms with Crippen LogP contribution in [-0.2, 0) is 0 Å². The monoisotopic (exact) mass is 292 g/mol. The molecule has 1 saturated carbocycles. The van der Waals surface area contributed by atoms with E-state index in [1.54, 1.807) is 13.0 Å². The van der Waals surface area contributed by atoms with Crippen LogP contribution in [0.5, 0.6) is 0 Å². The van der Waals surface area contributed by atoms with Crippen molar-refractivity contribution in [1.29, 1.82) is 0 Å². The zero-order chi connectivity index (χ0) is 15.5. The topological polar surface area (TPSA) is 32.3 Å². The largest absolute Gasteiger partial charge is 0.350 e. The van der Waals surface area contributed by atoms with E-state index in [0.717, 1.165) is 12.8 Å². The van der Waals surface area contributed by atoms with Crippen molar-refractivity contribution in [2.45, 2.75) is 44.6 Å². The van der Waals surface area contributed by atoms with Gasteiger partial charge in [-0.25, -0.2) is 4.39 Å². The SMILES string of the molecule is Cc1cc(F)ccc1C(=O)NCC1(N(C)C)CCCCC1. The average Bonchev–Trinajstić information content (AvgIpc) is 2.45. The van der Waals surface area contributed by atoms with Gasteiger partial charge in [-0.15, -0.1) is 0 Å². The standard InChI is InChI=1S/C17H25FN2O/c1-13-11-14(18)7-8-15(13)16(21)19-12-17(20(2)3)9-5-4-6-10-17/h7-8,11H,4-6,9-10,12H2,1-3H3,(H,19,21). The minimum atomic E-state index is -0.305. The lowest BCUT2D eigenvalue weighted by molar-refractivity contribution is 0.0799. The number of likely N-dealkylation sites (N-methyl/N-ethyl adjacent to an activating group) is 1. The van der Waals surface area contributed by atoms with Crippen LogP contribution in [0.1, 0.15) is 48.0 Å². The molecule has 0 spiro atoms. The van der Waals surface area contributed by atoms with Gasteiger partial charge in [0.15, 0.2) is 0 Å². The van der Waals surface area contributed by atoms with E-state index in [2.05, 4.69) is 24.3 Å². The van der Waals surface area contributed by atoms with Crippen molar-refractivity contribution in [2.75, 3.05) is 20.6 Å². The normalized spacial score (nSPS) is 17.8. The summed E-state index contributed by atoms with van der Waals surface area (Å²) in [5.41, 5.74) is 1.29. The highest BCUT2D eigenvalue weighted by atomic mass is 19.1. The molecule has 0 aromatic heterocycles. The molecule has 0 heterocycles. The molecule has 0 radical (unpaired) electrons. The number of hydrogen-bond donors (Lipinski definition) is 1. The lowest BCUT2D eigenvalue weighted by atomic mass is 9.80. The van der Waals surface area contributed by atoms with Crippen molar-refractivity contribution in [3.8, 4) is 0 Å². The van der Waals surface area contributed by atoms with Crippen LogP contribution in [0.3, 0.4) is 0 Å². The van der Waals surface area contributed by atoms with E-state index in [4.69, 9.17) is 0 Å². The fraction of sp³-hybridized carbons (Fsp3) is 0.588. The number of nitrogens with one attached hydrogen (secondary N) is 1. The second-order valence-corrected chi connectivity index (χ2v) is 6.32. The molecule has 1 aromatic rings. The van der Waals surface area contributed by atoms with Crippen molar-refractivity contribution < 1.29 is 9.18 Å². The fourth-order valence-corrected chi connectivity index (χ4v) is 3.21. The molecule has 0 saturated heterocycles. The van der Waals surface area contributed by atoms with Crippen LogP contribution < -0.4 is 5.32 Å². The first-order valence-electron chi connectivity index (χ1n) is 7.66. The number of halogens is 1. The van der Waals surface area contributed by atoms with Crippen LogP contribution in [0.2, 0.25) is 0 Å². The molecule has 21 heavy (non-hydrogen) atoms. The zero-order valence-electron chi connectivity index (χ0n) is 13.2. The second-order valence-electron chi connectivity index (χ2n) is 6.32. The van der Waals surface area contributed by atoms with Gasteiger partial charge in [0.1, 0.15) is 5.82 Å². The lowest BCUT2D eigenvalue weighted by Crippen LogP contribution is -2.53. The highest BCUT2D eigenvalue weighted by molar-refractivity contribution is 5.95. The van der Waals surface area contributed by atoms with Crippen LogP contribution in [0.4, 0.5) is 4.39 Å². The summed E-state index contributed by atoms with van der Waals surface area (Å²) >= 11 is 0. The predicted molar refractivity (Wildman–Crippen MR) is 83.0 cm³/mol. The van der Waals surface area contributed by atoms with Crippen molar-refractivity contribution in [2.24, 2.45) is 0 Å². The number of rotatable bonds is 4. The van der Waals surface area contributed by atoms with E-state index < -0.39 is 0 Å². The maximum atomic E-state index is 13.1. The highest BCUT2D eigenvalue weighted by Gasteiger charge is 2.34. The summed E-state index contributed by atoms with van der Waals surface area (Å²) in [5.74, 6) is -0.416. The lowest BCUT2D eigenvalue weighted by Gasteiger charge is -2.43. The van der Waals surface area contributed by atoms with Crippen LogP contribution in [0, 0.1) is 12.7 Å². The number of aryl methyl sites for hydroxylation is 1.